The Morgan fingerprint density at radius 1 is 1.14 bits per heavy atom. The van der Waals surface area contributed by atoms with Crippen LogP contribution in [0.25, 0.3) is 11.3 Å². The fraction of sp³-hybridized carbons (Fsp3) is 0.208. The molecule has 2 amide bonds. The molecule has 0 saturated carbocycles. The van der Waals surface area contributed by atoms with Crippen LogP contribution in [0.15, 0.2) is 73.1 Å². The number of carbonyl (C=O) groups excluding carboxylic acids is 1. The van der Waals surface area contributed by atoms with Crippen molar-refractivity contribution in [2.75, 3.05) is 11.9 Å². The lowest BCUT2D eigenvalue weighted by atomic mass is 9.87. The largest absolute Gasteiger partial charge is 0.573 e. The zero-order valence-corrected chi connectivity index (χ0v) is 19.2. The van der Waals surface area contributed by atoms with E-state index in [0.29, 0.717) is 28.8 Å². The molecule has 0 bridgehead atoms. The SMILES string of the molecule is CC1C=C(c2ncn(-c3ccc(OC(F)(F)F)cc3)n2)C=CC1CNC(=O)Nc1ccc(Cl)cc1. The summed E-state index contributed by atoms with van der Waals surface area (Å²) in [6.45, 7) is 2.47. The Hall–Kier alpha value is -3.79. The van der Waals surface area contributed by atoms with Gasteiger partial charge in [-0.3, -0.25) is 0 Å². The van der Waals surface area contributed by atoms with Crippen molar-refractivity contribution < 1.29 is 22.7 Å². The number of rotatable bonds is 6. The second-order valence-electron chi connectivity index (χ2n) is 7.90. The predicted octanol–water partition coefficient (Wildman–Crippen LogP) is 5.85. The maximum Gasteiger partial charge on any atom is 0.573 e. The van der Waals surface area contributed by atoms with Crippen molar-refractivity contribution in [3.63, 3.8) is 0 Å². The number of halogens is 4. The number of hydrogen-bond acceptors (Lipinski definition) is 4. The summed E-state index contributed by atoms with van der Waals surface area (Å²) >= 11 is 5.85. The van der Waals surface area contributed by atoms with Crippen LogP contribution in [0.4, 0.5) is 23.7 Å². The highest BCUT2D eigenvalue weighted by molar-refractivity contribution is 6.30. The maximum atomic E-state index is 12.3. The van der Waals surface area contributed by atoms with Crippen LogP contribution in [-0.4, -0.2) is 33.7 Å². The summed E-state index contributed by atoms with van der Waals surface area (Å²) in [5.41, 5.74) is 2.00. The van der Waals surface area contributed by atoms with Gasteiger partial charge in [-0.1, -0.05) is 36.8 Å². The lowest BCUT2D eigenvalue weighted by Crippen LogP contribution is -2.34. The Kier molecular flexibility index (Phi) is 7.11. The Morgan fingerprint density at radius 3 is 2.51 bits per heavy atom. The minimum atomic E-state index is -4.74. The van der Waals surface area contributed by atoms with Gasteiger partial charge in [0, 0.05) is 28.7 Å². The van der Waals surface area contributed by atoms with Crippen LogP contribution in [0.1, 0.15) is 12.7 Å². The van der Waals surface area contributed by atoms with Gasteiger partial charge in [0.1, 0.15) is 12.1 Å². The molecule has 7 nitrogen and oxygen atoms in total. The summed E-state index contributed by atoms with van der Waals surface area (Å²) in [7, 11) is 0. The minimum Gasteiger partial charge on any atom is -0.406 e. The van der Waals surface area contributed by atoms with Gasteiger partial charge in [-0.15, -0.1) is 18.3 Å². The van der Waals surface area contributed by atoms with Crippen LogP contribution < -0.4 is 15.4 Å². The Balaban J connectivity index is 1.33. The second kappa shape index (κ2) is 10.2. The van der Waals surface area contributed by atoms with Crippen LogP contribution in [0, 0.1) is 11.8 Å². The first-order chi connectivity index (χ1) is 16.7. The zero-order valence-electron chi connectivity index (χ0n) is 18.5. The lowest BCUT2D eigenvalue weighted by Gasteiger charge is -2.22. The summed E-state index contributed by atoms with van der Waals surface area (Å²) < 4.78 is 42.4. The van der Waals surface area contributed by atoms with Crippen molar-refractivity contribution in [1.29, 1.82) is 0 Å². The fourth-order valence-electron chi connectivity index (χ4n) is 3.51. The quantitative estimate of drug-likeness (QED) is 0.442. The molecule has 0 aliphatic heterocycles. The van der Waals surface area contributed by atoms with Crippen molar-refractivity contribution in [3.8, 4) is 11.4 Å². The summed E-state index contributed by atoms with van der Waals surface area (Å²) in [4.78, 5) is 16.5. The molecule has 1 aromatic heterocycles. The van der Waals surface area contributed by atoms with Crippen LogP contribution in [0.5, 0.6) is 5.75 Å². The highest BCUT2D eigenvalue weighted by atomic mass is 35.5. The van der Waals surface area contributed by atoms with Crippen molar-refractivity contribution in [1.82, 2.24) is 20.1 Å². The Labute approximate surface area is 204 Å². The summed E-state index contributed by atoms with van der Waals surface area (Å²) in [5, 5.41) is 10.6. The van der Waals surface area contributed by atoms with Crippen LogP contribution >= 0.6 is 11.6 Å². The first kappa shape index (κ1) is 24.3. The molecule has 4 rings (SSSR count). The Bertz CT molecular complexity index is 1240. The number of alkyl halides is 3. The van der Waals surface area contributed by atoms with E-state index in [1.54, 1.807) is 24.3 Å². The van der Waals surface area contributed by atoms with Gasteiger partial charge in [0.05, 0.1) is 5.69 Å². The van der Waals surface area contributed by atoms with Crippen molar-refractivity contribution in [3.05, 3.63) is 83.9 Å². The number of benzene rings is 2. The molecule has 2 unspecified atom stereocenters. The summed E-state index contributed by atoms with van der Waals surface area (Å²) in [6.07, 6.45) is 2.65. The molecule has 0 fully saturated rings. The standard InChI is InChI=1S/C24H21ClF3N5O2/c1-15-12-16(2-3-17(15)13-29-23(34)31-19-6-4-18(25)5-7-19)22-30-14-33(32-22)20-8-10-21(11-9-20)35-24(26,27)28/h2-12,14-15,17H,13H2,1H3,(H2,29,31,34). The number of amides is 2. The van der Waals surface area contributed by atoms with Gasteiger partial charge in [-0.05, 0) is 54.4 Å². The molecule has 2 aromatic carbocycles. The van der Waals surface area contributed by atoms with E-state index < -0.39 is 6.36 Å². The van der Waals surface area contributed by atoms with E-state index in [2.05, 4.69) is 25.5 Å². The second-order valence-corrected chi connectivity index (χ2v) is 8.34. The number of carbonyl (C=O) groups is 1. The lowest BCUT2D eigenvalue weighted by molar-refractivity contribution is -0.274. The van der Waals surface area contributed by atoms with Crippen LogP contribution in [-0.2, 0) is 0 Å². The van der Waals surface area contributed by atoms with E-state index in [-0.39, 0.29) is 23.6 Å². The summed E-state index contributed by atoms with van der Waals surface area (Å²) in [5.74, 6) is 0.361. The molecule has 0 saturated heterocycles. The van der Waals surface area contributed by atoms with E-state index in [1.165, 1.54) is 35.3 Å². The number of hydrogen-bond donors (Lipinski definition) is 2. The molecular formula is C24H21ClF3N5O2. The number of urea groups is 1. The Morgan fingerprint density at radius 2 is 1.86 bits per heavy atom. The number of nitrogens with one attached hydrogen (secondary N) is 2. The number of aromatic nitrogens is 3. The van der Waals surface area contributed by atoms with Crippen molar-refractivity contribution >= 4 is 28.9 Å². The third-order valence-electron chi connectivity index (χ3n) is 5.33. The first-order valence-electron chi connectivity index (χ1n) is 10.6. The van der Waals surface area contributed by atoms with E-state index >= 15 is 0 Å². The molecule has 2 atom stereocenters. The first-order valence-corrected chi connectivity index (χ1v) is 11.0. The molecule has 1 aliphatic carbocycles. The molecule has 1 aliphatic rings. The van der Waals surface area contributed by atoms with Gasteiger partial charge in [-0.25, -0.2) is 14.5 Å². The van der Waals surface area contributed by atoms with Crippen molar-refractivity contribution in [2.24, 2.45) is 11.8 Å². The predicted molar refractivity (Wildman–Crippen MR) is 126 cm³/mol. The maximum absolute atomic E-state index is 12.3. The average Bonchev–Trinajstić information content (AvgIpc) is 3.29. The molecule has 3 aromatic rings. The van der Waals surface area contributed by atoms with Gasteiger partial charge >= 0.3 is 12.4 Å². The van der Waals surface area contributed by atoms with E-state index in [9.17, 15) is 18.0 Å². The van der Waals surface area contributed by atoms with Gasteiger partial charge in [0.2, 0.25) is 0 Å². The molecule has 11 heteroatoms. The third kappa shape index (κ3) is 6.63. The highest BCUT2D eigenvalue weighted by Crippen LogP contribution is 2.27. The molecule has 35 heavy (non-hydrogen) atoms. The third-order valence-corrected chi connectivity index (χ3v) is 5.58. The van der Waals surface area contributed by atoms with E-state index in [4.69, 9.17) is 11.6 Å². The van der Waals surface area contributed by atoms with E-state index in [1.807, 2.05) is 25.2 Å². The van der Waals surface area contributed by atoms with E-state index in [0.717, 1.165) is 5.57 Å². The topological polar surface area (TPSA) is 81.1 Å². The molecular weight excluding hydrogens is 483 g/mol. The monoisotopic (exact) mass is 503 g/mol. The van der Waals surface area contributed by atoms with Crippen LogP contribution in [0.3, 0.4) is 0 Å². The van der Waals surface area contributed by atoms with Gasteiger partial charge in [0.15, 0.2) is 5.82 Å². The molecule has 182 valence electrons. The van der Waals surface area contributed by atoms with Crippen molar-refractivity contribution in [2.45, 2.75) is 13.3 Å². The minimum absolute atomic E-state index is 0.0815. The van der Waals surface area contributed by atoms with Gasteiger partial charge in [0.25, 0.3) is 0 Å². The molecule has 2 N–H and O–H groups in total. The highest BCUT2D eigenvalue weighted by Gasteiger charge is 2.31. The average molecular weight is 504 g/mol. The fourth-order valence-corrected chi connectivity index (χ4v) is 3.63. The number of anilines is 1. The number of ether oxygens (including phenoxy) is 1. The molecule has 0 radical (unpaired) electrons. The molecule has 1 heterocycles. The number of allylic oxidation sites excluding steroid dienone is 3. The molecule has 0 spiro atoms. The van der Waals surface area contributed by atoms with Gasteiger partial charge in [-0.2, -0.15) is 0 Å². The summed E-state index contributed by atoms with van der Waals surface area (Å²) in [6, 6.07) is 11.9. The zero-order chi connectivity index (χ0) is 25.0. The normalized spacial score (nSPS) is 17.6. The van der Waals surface area contributed by atoms with Gasteiger partial charge < -0.3 is 15.4 Å². The van der Waals surface area contributed by atoms with Crippen LogP contribution in [0.2, 0.25) is 5.02 Å². The smallest absolute Gasteiger partial charge is 0.406 e. The number of nitrogens with zero attached hydrogens (tertiary/aromatic N) is 3.